The van der Waals surface area contributed by atoms with E-state index in [1.54, 1.807) is 25.1 Å². The van der Waals surface area contributed by atoms with Crippen molar-refractivity contribution in [3.05, 3.63) is 23.8 Å². The van der Waals surface area contributed by atoms with Crippen LogP contribution < -0.4 is 11.1 Å². The van der Waals surface area contributed by atoms with Gasteiger partial charge in [0, 0.05) is 6.42 Å². The summed E-state index contributed by atoms with van der Waals surface area (Å²) in [5.74, 6) is -0.0000477. The summed E-state index contributed by atoms with van der Waals surface area (Å²) in [5, 5.41) is 12.3. The van der Waals surface area contributed by atoms with Gasteiger partial charge in [-0.15, -0.1) is 0 Å². The molecule has 4 N–H and O–H groups in total. The predicted molar refractivity (Wildman–Crippen MR) is 59.8 cm³/mol. The van der Waals surface area contributed by atoms with Crippen LogP contribution in [0.25, 0.3) is 0 Å². The topological polar surface area (TPSA) is 75.4 Å². The van der Waals surface area contributed by atoms with Crippen LogP contribution in [0.1, 0.15) is 18.4 Å². The molecule has 0 saturated heterocycles. The van der Waals surface area contributed by atoms with E-state index in [4.69, 9.17) is 5.73 Å². The number of rotatable bonds is 4. The number of hydrogen-bond donors (Lipinski definition) is 3. The van der Waals surface area contributed by atoms with Crippen molar-refractivity contribution in [2.24, 2.45) is 5.73 Å². The average Bonchev–Trinajstić information content (AvgIpc) is 2.22. The number of aromatic hydroxyl groups is 1. The number of carbonyl (C=O) groups is 1. The number of nitrogens with two attached hydrogens (primary N) is 1. The van der Waals surface area contributed by atoms with Crippen molar-refractivity contribution in [3.63, 3.8) is 0 Å². The number of amides is 1. The first-order valence-corrected chi connectivity index (χ1v) is 4.93. The fourth-order valence-corrected chi connectivity index (χ4v) is 1.24. The van der Waals surface area contributed by atoms with Crippen LogP contribution in [0.15, 0.2) is 18.2 Å². The van der Waals surface area contributed by atoms with Crippen molar-refractivity contribution < 1.29 is 9.90 Å². The maximum atomic E-state index is 11.4. The molecule has 0 aliphatic carbocycles. The highest BCUT2D eigenvalue weighted by atomic mass is 16.3. The first-order valence-electron chi connectivity index (χ1n) is 4.93. The van der Waals surface area contributed by atoms with Gasteiger partial charge in [-0.1, -0.05) is 12.1 Å². The Morgan fingerprint density at radius 2 is 2.27 bits per heavy atom. The van der Waals surface area contributed by atoms with E-state index in [9.17, 15) is 9.90 Å². The van der Waals surface area contributed by atoms with Crippen molar-refractivity contribution in [1.82, 2.24) is 0 Å². The number of hydrogen-bond acceptors (Lipinski definition) is 3. The van der Waals surface area contributed by atoms with E-state index in [2.05, 4.69) is 5.32 Å². The monoisotopic (exact) mass is 208 g/mol. The number of phenolic OH excluding ortho intramolecular Hbond substituents is 1. The van der Waals surface area contributed by atoms with E-state index >= 15 is 0 Å². The number of benzene rings is 1. The molecular weight excluding hydrogens is 192 g/mol. The molecule has 1 aromatic carbocycles. The molecule has 0 heterocycles. The SMILES string of the molecule is Cc1cccc(NC(=O)CCCN)c1O. The van der Waals surface area contributed by atoms with Crippen LogP contribution >= 0.6 is 0 Å². The van der Waals surface area contributed by atoms with Gasteiger partial charge in [-0.3, -0.25) is 4.79 Å². The Morgan fingerprint density at radius 3 is 2.93 bits per heavy atom. The van der Waals surface area contributed by atoms with Gasteiger partial charge in [0.2, 0.25) is 5.91 Å². The normalized spacial score (nSPS) is 10.0. The van der Waals surface area contributed by atoms with E-state index < -0.39 is 0 Å². The molecular formula is C11H16N2O2. The lowest BCUT2D eigenvalue weighted by Gasteiger charge is -2.08. The van der Waals surface area contributed by atoms with Crippen molar-refractivity contribution in [2.75, 3.05) is 11.9 Å². The van der Waals surface area contributed by atoms with Crippen LogP contribution in [-0.4, -0.2) is 17.6 Å². The summed E-state index contributed by atoms with van der Waals surface area (Å²) in [6, 6.07) is 5.24. The van der Waals surface area contributed by atoms with Crippen LogP contribution in [0, 0.1) is 6.92 Å². The quantitative estimate of drug-likeness (QED) is 0.654. The second kappa shape index (κ2) is 5.36. The fourth-order valence-electron chi connectivity index (χ4n) is 1.24. The predicted octanol–water partition coefficient (Wildman–Crippen LogP) is 1.38. The van der Waals surface area contributed by atoms with Crippen LogP contribution in [0.3, 0.4) is 0 Å². The summed E-state index contributed by atoms with van der Waals surface area (Å²) >= 11 is 0. The van der Waals surface area contributed by atoms with Gasteiger partial charge in [0.15, 0.2) is 0 Å². The molecule has 0 atom stereocenters. The van der Waals surface area contributed by atoms with Gasteiger partial charge < -0.3 is 16.2 Å². The molecule has 0 spiro atoms. The summed E-state index contributed by atoms with van der Waals surface area (Å²) in [6.45, 7) is 2.28. The van der Waals surface area contributed by atoms with E-state index in [0.717, 1.165) is 5.56 Å². The Morgan fingerprint density at radius 1 is 1.53 bits per heavy atom. The Labute approximate surface area is 89.1 Å². The molecule has 0 bridgehead atoms. The molecule has 4 heteroatoms. The van der Waals surface area contributed by atoms with Crippen molar-refractivity contribution in [1.29, 1.82) is 0 Å². The Hall–Kier alpha value is -1.55. The number of phenols is 1. The summed E-state index contributed by atoms with van der Waals surface area (Å²) in [7, 11) is 0. The molecule has 1 amide bonds. The third-order valence-corrected chi connectivity index (χ3v) is 2.12. The highest BCUT2D eigenvalue weighted by Crippen LogP contribution is 2.26. The number of carbonyl (C=O) groups excluding carboxylic acids is 1. The highest BCUT2D eigenvalue weighted by Gasteiger charge is 2.06. The number of aryl methyl sites for hydroxylation is 1. The Kier molecular flexibility index (Phi) is 4.12. The number of para-hydroxylation sites is 1. The molecule has 0 fully saturated rings. The zero-order valence-corrected chi connectivity index (χ0v) is 8.79. The Balaban J connectivity index is 2.64. The van der Waals surface area contributed by atoms with Crippen molar-refractivity contribution >= 4 is 11.6 Å². The molecule has 0 aromatic heterocycles. The van der Waals surface area contributed by atoms with Gasteiger partial charge in [-0.05, 0) is 31.5 Å². The minimum Gasteiger partial charge on any atom is -0.505 e. The van der Waals surface area contributed by atoms with Crippen molar-refractivity contribution in [2.45, 2.75) is 19.8 Å². The lowest BCUT2D eigenvalue weighted by Crippen LogP contribution is -2.13. The van der Waals surface area contributed by atoms with E-state index in [1.807, 2.05) is 0 Å². The zero-order valence-electron chi connectivity index (χ0n) is 8.79. The summed E-state index contributed by atoms with van der Waals surface area (Å²) < 4.78 is 0. The maximum absolute atomic E-state index is 11.4. The first-order chi connectivity index (χ1) is 7.15. The molecule has 1 rings (SSSR count). The lowest BCUT2D eigenvalue weighted by molar-refractivity contribution is -0.116. The van der Waals surface area contributed by atoms with Crippen LogP contribution in [-0.2, 0) is 4.79 Å². The van der Waals surface area contributed by atoms with Gasteiger partial charge in [0.25, 0.3) is 0 Å². The van der Waals surface area contributed by atoms with Gasteiger partial charge >= 0.3 is 0 Å². The van der Waals surface area contributed by atoms with E-state index in [-0.39, 0.29) is 11.7 Å². The van der Waals surface area contributed by atoms with E-state index in [0.29, 0.717) is 25.1 Å². The molecule has 0 aliphatic rings. The fraction of sp³-hybridized carbons (Fsp3) is 0.364. The molecule has 82 valence electrons. The second-order valence-electron chi connectivity index (χ2n) is 3.41. The van der Waals surface area contributed by atoms with E-state index in [1.165, 1.54) is 0 Å². The molecule has 4 nitrogen and oxygen atoms in total. The molecule has 1 aromatic rings. The first kappa shape index (κ1) is 11.5. The smallest absolute Gasteiger partial charge is 0.224 e. The molecule has 0 unspecified atom stereocenters. The number of anilines is 1. The maximum Gasteiger partial charge on any atom is 0.224 e. The van der Waals surface area contributed by atoms with Gasteiger partial charge in [-0.2, -0.15) is 0 Å². The number of nitrogens with one attached hydrogen (secondary N) is 1. The highest BCUT2D eigenvalue weighted by molar-refractivity contribution is 5.92. The third kappa shape index (κ3) is 3.25. The van der Waals surface area contributed by atoms with Crippen LogP contribution in [0.2, 0.25) is 0 Å². The van der Waals surface area contributed by atoms with Crippen LogP contribution in [0.5, 0.6) is 5.75 Å². The van der Waals surface area contributed by atoms with Gasteiger partial charge in [0.05, 0.1) is 5.69 Å². The average molecular weight is 208 g/mol. The third-order valence-electron chi connectivity index (χ3n) is 2.12. The Bertz CT molecular complexity index is 350. The standard InChI is InChI=1S/C11H16N2O2/c1-8-4-2-5-9(11(8)15)13-10(14)6-3-7-12/h2,4-5,15H,3,6-7,12H2,1H3,(H,13,14). The summed E-state index contributed by atoms with van der Waals surface area (Å²) in [4.78, 5) is 11.4. The second-order valence-corrected chi connectivity index (χ2v) is 3.41. The molecule has 0 saturated carbocycles. The molecule has 0 aliphatic heterocycles. The summed E-state index contributed by atoms with van der Waals surface area (Å²) in [5.41, 5.74) is 6.49. The minimum absolute atomic E-state index is 0.124. The van der Waals surface area contributed by atoms with Crippen LogP contribution in [0.4, 0.5) is 5.69 Å². The molecule has 0 radical (unpaired) electrons. The molecule has 15 heavy (non-hydrogen) atoms. The largest absolute Gasteiger partial charge is 0.505 e. The summed E-state index contributed by atoms with van der Waals surface area (Å²) in [6.07, 6.45) is 1.03. The van der Waals surface area contributed by atoms with Gasteiger partial charge in [-0.25, -0.2) is 0 Å². The minimum atomic E-state index is -0.124. The van der Waals surface area contributed by atoms with Gasteiger partial charge in [0.1, 0.15) is 5.75 Å². The van der Waals surface area contributed by atoms with Crippen molar-refractivity contribution in [3.8, 4) is 5.75 Å². The zero-order chi connectivity index (χ0) is 11.3. The lowest BCUT2D eigenvalue weighted by atomic mass is 10.2.